The molecule has 1 aromatic heterocycles. The SMILES string of the molecule is COc1ccc(C=NN2CCN(c3ccncc3S(=O)(=O)N3CCCCC3)CC2)cc1. The highest BCUT2D eigenvalue weighted by molar-refractivity contribution is 7.89. The Morgan fingerprint density at radius 1 is 0.968 bits per heavy atom. The van der Waals surface area contributed by atoms with E-state index in [-0.39, 0.29) is 0 Å². The second-order valence-corrected chi connectivity index (χ2v) is 9.67. The number of ether oxygens (including phenoxy) is 1. The molecule has 0 bridgehead atoms. The summed E-state index contributed by atoms with van der Waals surface area (Å²) in [5.41, 5.74) is 1.74. The van der Waals surface area contributed by atoms with Gasteiger partial charge in [-0.1, -0.05) is 6.42 Å². The number of benzene rings is 1. The van der Waals surface area contributed by atoms with E-state index in [9.17, 15) is 8.42 Å². The smallest absolute Gasteiger partial charge is 0.246 e. The van der Waals surface area contributed by atoms with Crippen molar-refractivity contribution in [3.63, 3.8) is 0 Å². The number of anilines is 1. The van der Waals surface area contributed by atoms with Crippen LogP contribution in [-0.4, -0.2) is 75.3 Å². The zero-order valence-electron chi connectivity index (χ0n) is 17.9. The number of nitrogens with zero attached hydrogens (tertiary/aromatic N) is 5. The van der Waals surface area contributed by atoms with Crippen molar-refractivity contribution in [3.05, 3.63) is 48.3 Å². The van der Waals surface area contributed by atoms with Crippen molar-refractivity contribution in [1.82, 2.24) is 14.3 Å². The summed E-state index contributed by atoms with van der Waals surface area (Å²) in [5, 5.41) is 6.60. The molecule has 0 spiro atoms. The first-order chi connectivity index (χ1) is 15.1. The fraction of sp³-hybridized carbons (Fsp3) is 0.455. The number of aromatic nitrogens is 1. The molecule has 4 rings (SSSR count). The van der Waals surface area contributed by atoms with E-state index in [1.54, 1.807) is 17.6 Å². The predicted octanol–water partition coefficient (Wildman–Crippen LogP) is 2.42. The Labute approximate surface area is 184 Å². The summed E-state index contributed by atoms with van der Waals surface area (Å²) in [6.45, 7) is 4.02. The minimum Gasteiger partial charge on any atom is -0.497 e. The summed E-state index contributed by atoms with van der Waals surface area (Å²) in [6, 6.07) is 9.56. The van der Waals surface area contributed by atoms with Crippen molar-refractivity contribution >= 4 is 21.9 Å². The summed E-state index contributed by atoms with van der Waals surface area (Å²) in [7, 11) is -1.88. The van der Waals surface area contributed by atoms with E-state index in [4.69, 9.17) is 4.74 Å². The number of methoxy groups -OCH3 is 1. The van der Waals surface area contributed by atoms with Crippen LogP contribution in [0.25, 0.3) is 0 Å². The Morgan fingerprint density at radius 2 is 1.68 bits per heavy atom. The zero-order chi connectivity index (χ0) is 21.7. The molecule has 0 saturated carbocycles. The molecule has 2 aliphatic heterocycles. The number of rotatable bonds is 6. The molecule has 2 aromatic rings. The van der Waals surface area contributed by atoms with Crippen LogP contribution in [0.3, 0.4) is 0 Å². The normalized spacial score (nSPS) is 18.5. The van der Waals surface area contributed by atoms with Gasteiger partial charge in [-0.3, -0.25) is 9.99 Å². The Morgan fingerprint density at radius 3 is 2.35 bits per heavy atom. The molecule has 0 aliphatic carbocycles. The highest BCUT2D eigenvalue weighted by Crippen LogP contribution is 2.29. The standard InChI is InChI=1S/C22H29N5O3S/c1-30-20-7-5-19(6-8-20)17-24-26-15-13-25(14-16-26)21-9-10-23-18-22(21)31(28,29)27-11-3-2-4-12-27/h5-10,17-18H,2-4,11-16H2,1H3. The Balaban J connectivity index is 1.42. The quantitative estimate of drug-likeness (QED) is 0.638. The van der Waals surface area contributed by atoms with E-state index in [0.29, 0.717) is 31.1 Å². The summed E-state index contributed by atoms with van der Waals surface area (Å²) in [4.78, 5) is 6.55. The highest BCUT2D eigenvalue weighted by atomic mass is 32.2. The molecule has 8 nitrogen and oxygen atoms in total. The number of piperazine rings is 1. The lowest BCUT2D eigenvalue weighted by molar-refractivity contribution is 0.271. The maximum Gasteiger partial charge on any atom is 0.246 e. The molecular weight excluding hydrogens is 414 g/mol. The van der Waals surface area contributed by atoms with E-state index in [1.165, 1.54) is 6.20 Å². The molecule has 0 N–H and O–H groups in total. The van der Waals surface area contributed by atoms with Gasteiger partial charge in [0.15, 0.2) is 0 Å². The second kappa shape index (κ2) is 9.65. The lowest BCUT2D eigenvalue weighted by Crippen LogP contribution is -2.45. The monoisotopic (exact) mass is 443 g/mol. The number of piperidine rings is 1. The summed E-state index contributed by atoms with van der Waals surface area (Å²) in [6.07, 6.45) is 7.92. The molecule has 2 fully saturated rings. The fourth-order valence-electron chi connectivity index (χ4n) is 3.97. The molecule has 2 saturated heterocycles. The number of pyridine rings is 1. The molecule has 0 amide bonds. The fourth-order valence-corrected chi connectivity index (χ4v) is 5.64. The van der Waals surface area contributed by atoms with Crippen LogP contribution >= 0.6 is 0 Å². The zero-order valence-corrected chi connectivity index (χ0v) is 18.7. The summed E-state index contributed by atoms with van der Waals surface area (Å²) in [5.74, 6) is 0.818. The molecule has 0 unspecified atom stereocenters. The minimum atomic E-state index is -3.53. The van der Waals surface area contributed by atoms with Crippen LogP contribution < -0.4 is 9.64 Å². The van der Waals surface area contributed by atoms with Gasteiger partial charge in [-0.15, -0.1) is 0 Å². The van der Waals surface area contributed by atoms with Gasteiger partial charge in [0.05, 0.1) is 32.1 Å². The molecule has 166 valence electrons. The Bertz CT molecular complexity index is 996. The first kappa shape index (κ1) is 21.6. The van der Waals surface area contributed by atoms with Gasteiger partial charge >= 0.3 is 0 Å². The van der Waals surface area contributed by atoms with Crippen LogP contribution in [0.4, 0.5) is 5.69 Å². The van der Waals surface area contributed by atoms with Gasteiger partial charge < -0.3 is 9.64 Å². The van der Waals surface area contributed by atoms with Gasteiger partial charge in [0.25, 0.3) is 0 Å². The topological polar surface area (TPSA) is 78.3 Å². The number of hydrogen-bond acceptors (Lipinski definition) is 7. The molecular formula is C22H29N5O3S. The van der Waals surface area contributed by atoms with Crippen LogP contribution in [0.1, 0.15) is 24.8 Å². The van der Waals surface area contributed by atoms with Crippen LogP contribution in [0.15, 0.2) is 52.7 Å². The van der Waals surface area contributed by atoms with Crippen LogP contribution in [0, 0.1) is 0 Å². The molecule has 3 heterocycles. The lowest BCUT2D eigenvalue weighted by Gasteiger charge is -2.36. The summed E-state index contributed by atoms with van der Waals surface area (Å²) >= 11 is 0. The van der Waals surface area contributed by atoms with E-state index in [2.05, 4.69) is 15.0 Å². The predicted molar refractivity (Wildman–Crippen MR) is 121 cm³/mol. The second-order valence-electron chi connectivity index (χ2n) is 7.77. The van der Waals surface area contributed by atoms with Gasteiger partial charge in [-0.05, 0) is 48.7 Å². The molecule has 0 radical (unpaired) electrons. The van der Waals surface area contributed by atoms with E-state index < -0.39 is 10.0 Å². The summed E-state index contributed by atoms with van der Waals surface area (Å²) < 4.78 is 33.3. The van der Waals surface area contributed by atoms with E-state index >= 15 is 0 Å². The first-order valence-electron chi connectivity index (χ1n) is 10.7. The van der Waals surface area contributed by atoms with Gasteiger partial charge in [0, 0.05) is 38.6 Å². The first-order valence-corrected chi connectivity index (χ1v) is 12.1. The number of hydrazone groups is 1. The molecule has 2 aliphatic rings. The van der Waals surface area contributed by atoms with Crippen molar-refractivity contribution < 1.29 is 13.2 Å². The number of hydrogen-bond donors (Lipinski definition) is 0. The number of sulfonamides is 1. The largest absolute Gasteiger partial charge is 0.497 e. The van der Waals surface area contributed by atoms with Gasteiger partial charge in [-0.25, -0.2) is 8.42 Å². The van der Waals surface area contributed by atoms with Crippen molar-refractivity contribution in [2.45, 2.75) is 24.2 Å². The van der Waals surface area contributed by atoms with E-state index in [0.717, 1.165) is 49.4 Å². The maximum absolute atomic E-state index is 13.2. The van der Waals surface area contributed by atoms with Crippen molar-refractivity contribution in [1.29, 1.82) is 0 Å². The Kier molecular flexibility index (Phi) is 6.72. The van der Waals surface area contributed by atoms with Crippen LogP contribution in [0.5, 0.6) is 5.75 Å². The highest BCUT2D eigenvalue weighted by Gasteiger charge is 2.30. The third kappa shape index (κ3) is 4.99. The van der Waals surface area contributed by atoms with Gasteiger partial charge in [-0.2, -0.15) is 9.41 Å². The van der Waals surface area contributed by atoms with Crippen LogP contribution in [-0.2, 0) is 10.0 Å². The third-order valence-corrected chi connectivity index (χ3v) is 7.69. The van der Waals surface area contributed by atoms with Gasteiger partial charge in [0.1, 0.15) is 10.6 Å². The van der Waals surface area contributed by atoms with Crippen molar-refractivity contribution in [3.8, 4) is 5.75 Å². The van der Waals surface area contributed by atoms with Crippen molar-refractivity contribution in [2.75, 3.05) is 51.3 Å². The minimum absolute atomic E-state index is 0.312. The lowest BCUT2D eigenvalue weighted by atomic mass is 10.2. The third-order valence-electron chi connectivity index (χ3n) is 5.78. The average Bonchev–Trinajstić information content (AvgIpc) is 2.84. The molecule has 1 aromatic carbocycles. The molecule has 0 atom stereocenters. The Hall–Kier alpha value is -2.65. The molecule has 9 heteroatoms. The van der Waals surface area contributed by atoms with Crippen molar-refractivity contribution in [2.24, 2.45) is 5.10 Å². The maximum atomic E-state index is 13.2. The van der Waals surface area contributed by atoms with E-state index in [1.807, 2.05) is 41.6 Å². The molecule has 31 heavy (non-hydrogen) atoms. The van der Waals surface area contributed by atoms with Gasteiger partial charge in [0.2, 0.25) is 10.0 Å². The van der Waals surface area contributed by atoms with Crippen LogP contribution in [0.2, 0.25) is 0 Å². The average molecular weight is 444 g/mol.